The lowest BCUT2D eigenvalue weighted by Crippen LogP contribution is -2.32. The summed E-state index contributed by atoms with van der Waals surface area (Å²) >= 11 is 0. The normalized spacial score (nSPS) is 11.5. The van der Waals surface area contributed by atoms with E-state index in [1.165, 1.54) is 7.11 Å². The van der Waals surface area contributed by atoms with Gasteiger partial charge in [0.05, 0.1) is 7.11 Å². The fraction of sp³-hybridized carbons (Fsp3) is 0.333. The number of nitrogens with two attached hydrogens (primary N) is 2. The van der Waals surface area contributed by atoms with Crippen molar-refractivity contribution < 1.29 is 53.7 Å². The maximum absolute atomic E-state index is 10.3. The molecule has 0 spiro atoms. The number of carboxylic acids is 2. The van der Waals surface area contributed by atoms with Crippen LogP contribution < -0.4 is 16.8 Å². The number of hydrogen-bond acceptors (Lipinski definition) is 12. The number of carbonyl (C=O) groups excluding carboxylic acids is 2. The number of aliphatic carboxylic acids is 2. The van der Waals surface area contributed by atoms with Crippen LogP contribution in [0.2, 0.25) is 0 Å². The van der Waals surface area contributed by atoms with E-state index in [9.17, 15) is 19.2 Å². The smallest absolute Gasteiger partial charge is 0.336 e. The first-order chi connectivity index (χ1) is 19.3. The molecule has 3 atom stereocenters. The fourth-order valence-electron chi connectivity index (χ4n) is 1.90. The van der Waals surface area contributed by atoms with Crippen molar-refractivity contribution in [1.29, 1.82) is 0 Å². The molecule has 0 heterocycles. The van der Waals surface area contributed by atoms with Gasteiger partial charge in [0.15, 0.2) is 18.3 Å². The lowest BCUT2D eigenvalue weighted by Gasteiger charge is -2.07. The molecule has 14 nitrogen and oxygen atoms in total. The third-order valence-corrected chi connectivity index (χ3v) is 3.94. The Labute approximate surface area is 248 Å². The number of esters is 1. The van der Waals surface area contributed by atoms with E-state index in [1.807, 2.05) is 48.5 Å². The highest BCUT2D eigenvalue weighted by atomic mass is 36.0. The summed E-state index contributed by atoms with van der Waals surface area (Å²) in [5.41, 5.74) is 11.4. The van der Waals surface area contributed by atoms with Gasteiger partial charge in [-0.05, 0) is 5.56 Å². The predicted octanol–water partition coefficient (Wildman–Crippen LogP) is -0.367. The minimum Gasteiger partial charge on any atom is -0.479 e. The van der Waals surface area contributed by atoms with Crippen molar-refractivity contribution in [2.75, 3.05) is 26.7 Å². The number of carboxylic acid groups (broad SMARTS) is 2. The standard InChI is InChI=1S/C10H13NO3.C7H6O.C4H9NO3.C3H7NO3.Cl2OS/c12-9(10(13)14)7-11-6-8-4-2-1-3-5-8;8-6-7-4-2-1-3-5-7;1-8-4(7)3(6)2-5;4-1-2(5)3(6)7;1-4(2)3/h1-5,9,11-12H,6-7H2,(H,13,14);1-6H;3,6H,2,5H2,1H3;2,5H,1,4H2,(H,6,7);. The van der Waals surface area contributed by atoms with E-state index >= 15 is 0 Å². The Bertz CT molecular complexity index is 989. The zero-order valence-corrected chi connectivity index (χ0v) is 24.2. The van der Waals surface area contributed by atoms with Gasteiger partial charge in [-0.1, -0.05) is 60.7 Å². The number of nitrogens with one attached hydrogen (secondary N) is 1. The molecule has 0 saturated carbocycles. The SMILES string of the molecule is COC(=O)C(O)CN.NCC(O)C(=O)O.O=C(O)C(O)CNCc1ccccc1.O=Cc1ccccc1.O=S(Cl)Cl. The molecule has 2 aromatic rings. The topological polar surface area (TPSA) is 260 Å². The van der Waals surface area contributed by atoms with Gasteiger partial charge in [-0.25, -0.2) is 18.6 Å². The van der Waals surface area contributed by atoms with E-state index < -0.39 is 45.4 Å². The van der Waals surface area contributed by atoms with Gasteiger partial charge in [0, 0.05) is 53.1 Å². The van der Waals surface area contributed by atoms with Crippen molar-refractivity contribution in [1.82, 2.24) is 5.32 Å². The number of aliphatic hydroxyl groups excluding tert-OH is 3. The number of hydrogen-bond donors (Lipinski definition) is 8. The second-order valence-corrected chi connectivity index (χ2v) is 9.57. The van der Waals surface area contributed by atoms with E-state index in [0.29, 0.717) is 6.54 Å². The molecule has 232 valence electrons. The molecule has 41 heavy (non-hydrogen) atoms. The van der Waals surface area contributed by atoms with E-state index in [0.717, 1.165) is 17.4 Å². The van der Waals surface area contributed by atoms with Gasteiger partial charge in [0.25, 0.3) is 0 Å². The van der Waals surface area contributed by atoms with Crippen LogP contribution in [0.25, 0.3) is 0 Å². The van der Waals surface area contributed by atoms with Gasteiger partial charge in [-0.15, -0.1) is 0 Å². The molecule has 2 aromatic carbocycles. The summed E-state index contributed by atoms with van der Waals surface area (Å²) in [4.78, 5) is 40.0. The minimum absolute atomic E-state index is 0.0597. The zero-order chi connectivity index (χ0) is 32.2. The van der Waals surface area contributed by atoms with Crippen LogP contribution in [-0.4, -0.2) is 99.0 Å². The summed E-state index contributed by atoms with van der Waals surface area (Å²) in [6, 6.07) is 18.7. The first-order valence-corrected chi connectivity index (χ1v) is 14.0. The maximum Gasteiger partial charge on any atom is 0.336 e. The van der Waals surface area contributed by atoms with Gasteiger partial charge in [-0.3, -0.25) is 4.79 Å². The van der Waals surface area contributed by atoms with Crippen LogP contribution in [0.1, 0.15) is 15.9 Å². The van der Waals surface area contributed by atoms with E-state index in [4.69, 9.17) is 41.2 Å². The average Bonchev–Trinajstić information content (AvgIpc) is 2.97. The third kappa shape index (κ3) is 29.8. The molecule has 0 aliphatic carbocycles. The second-order valence-electron chi connectivity index (χ2n) is 7.05. The Morgan fingerprint density at radius 3 is 1.56 bits per heavy atom. The number of aldehydes is 1. The van der Waals surface area contributed by atoms with Crippen LogP contribution in [-0.2, 0) is 34.9 Å². The number of methoxy groups -OCH3 is 1. The molecule has 0 aromatic heterocycles. The number of benzene rings is 2. The molecule has 17 heteroatoms. The van der Waals surface area contributed by atoms with Crippen molar-refractivity contribution >= 4 is 54.8 Å². The summed E-state index contributed by atoms with van der Waals surface area (Å²) in [6.07, 6.45) is -3.07. The summed E-state index contributed by atoms with van der Waals surface area (Å²) in [5.74, 6) is -3.17. The van der Waals surface area contributed by atoms with Crippen LogP contribution in [0.3, 0.4) is 0 Å². The summed E-state index contributed by atoms with van der Waals surface area (Å²) in [5, 5.41) is 44.8. The van der Waals surface area contributed by atoms with Crippen molar-refractivity contribution in [2.24, 2.45) is 11.5 Å². The number of ether oxygens (including phenoxy) is 1. The Kier molecular flexibility index (Phi) is 29.6. The largest absolute Gasteiger partial charge is 0.479 e. The number of halogens is 2. The molecule has 0 fully saturated rings. The number of aliphatic hydroxyl groups is 3. The fourth-order valence-corrected chi connectivity index (χ4v) is 1.90. The molecule has 10 N–H and O–H groups in total. The number of rotatable bonds is 10. The van der Waals surface area contributed by atoms with Crippen molar-refractivity contribution in [3.05, 3.63) is 71.8 Å². The predicted molar refractivity (Wildman–Crippen MR) is 153 cm³/mol. The van der Waals surface area contributed by atoms with Gasteiger partial charge in [-0.2, -0.15) is 0 Å². The van der Waals surface area contributed by atoms with E-state index in [1.54, 1.807) is 12.1 Å². The van der Waals surface area contributed by atoms with Gasteiger partial charge < -0.3 is 47.1 Å². The minimum atomic E-state index is -1.67. The molecular formula is C24H35Cl2N3O11S. The Hall–Kier alpha value is -2.99. The highest BCUT2D eigenvalue weighted by molar-refractivity contribution is 8.26. The lowest BCUT2D eigenvalue weighted by atomic mass is 10.2. The molecule has 0 aliphatic heterocycles. The summed E-state index contributed by atoms with van der Waals surface area (Å²) in [7, 11) is 8.55. The molecule has 0 radical (unpaired) electrons. The Balaban J connectivity index is -0.000000468. The molecule has 0 amide bonds. The van der Waals surface area contributed by atoms with Gasteiger partial charge in [0.2, 0.25) is 9.23 Å². The lowest BCUT2D eigenvalue weighted by molar-refractivity contribution is -0.149. The van der Waals surface area contributed by atoms with Crippen molar-refractivity contribution in [3.8, 4) is 0 Å². The quantitative estimate of drug-likeness (QED) is 0.0933. The first-order valence-electron chi connectivity index (χ1n) is 11.2. The van der Waals surface area contributed by atoms with Crippen LogP contribution in [0.4, 0.5) is 0 Å². The monoisotopic (exact) mass is 643 g/mol. The average molecular weight is 645 g/mol. The second kappa shape index (κ2) is 28.5. The van der Waals surface area contributed by atoms with Crippen molar-refractivity contribution in [3.63, 3.8) is 0 Å². The molecular weight excluding hydrogens is 609 g/mol. The first kappa shape index (κ1) is 42.5. The highest BCUT2D eigenvalue weighted by Gasteiger charge is 2.12. The van der Waals surface area contributed by atoms with Crippen LogP contribution in [0.15, 0.2) is 60.7 Å². The molecule has 0 aliphatic rings. The van der Waals surface area contributed by atoms with Gasteiger partial charge in [0.1, 0.15) is 6.29 Å². The third-order valence-electron chi connectivity index (χ3n) is 3.94. The van der Waals surface area contributed by atoms with E-state index in [2.05, 4.69) is 31.4 Å². The van der Waals surface area contributed by atoms with Crippen LogP contribution >= 0.6 is 21.4 Å². The van der Waals surface area contributed by atoms with Gasteiger partial charge >= 0.3 is 17.9 Å². The number of carbonyl (C=O) groups is 4. The highest BCUT2D eigenvalue weighted by Crippen LogP contribution is 1.97. The molecule has 3 unspecified atom stereocenters. The van der Waals surface area contributed by atoms with E-state index in [-0.39, 0.29) is 19.6 Å². The molecule has 2 rings (SSSR count). The van der Waals surface area contributed by atoms with Crippen LogP contribution in [0.5, 0.6) is 0 Å². The zero-order valence-electron chi connectivity index (χ0n) is 21.9. The summed E-state index contributed by atoms with van der Waals surface area (Å²) < 4.78 is 13.2. The summed E-state index contributed by atoms with van der Waals surface area (Å²) in [6.45, 7) is 0.303. The Morgan fingerprint density at radius 1 is 0.878 bits per heavy atom. The molecule has 0 bridgehead atoms. The van der Waals surface area contributed by atoms with Crippen molar-refractivity contribution in [2.45, 2.75) is 24.9 Å². The molecule has 0 saturated heterocycles. The maximum atomic E-state index is 10.3. The Morgan fingerprint density at radius 2 is 1.29 bits per heavy atom. The van der Waals surface area contributed by atoms with Crippen LogP contribution in [0, 0.1) is 0 Å².